The van der Waals surface area contributed by atoms with Crippen LogP contribution in [0.25, 0.3) is 11.1 Å². The van der Waals surface area contributed by atoms with Crippen LogP contribution in [0.4, 0.5) is 0 Å². The van der Waals surface area contributed by atoms with Gasteiger partial charge in [0.1, 0.15) is 5.75 Å². The summed E-state index contributed by atoms with van der Waals surface area (Å²) in [7, 11) is 0. The highest BCUT2D eigenvalue weighted by Crippen LogP contribution is 2.17. The Morgan fingerprint density at radius 1 is 0.447 bits per heavy atom. The van der Waals surface area contributed by atoms with Crippen LogP contribution >= 0.6 is 0 Å². The third-order valence-corrected chi connectivity index (χ3v) is 6.65. The molecule has 3 aromatic rings. The summed E-state index contributed by atoms with van der Waals surface area (Å²) in [6, 6.07) is 29.5. The van der Waals surface area contributed by atoms with Gasteiger partial charge >= 0.3 is 0 Å². The minimum atomic E-state index is -0.0341. The maximum atomic E-state index is 9.61. The molecule has 0 spiro atoms. The maximum absolute atomic E-state index is 9.61. The molecule has 210 valence electrons. The fourth-order valence-corrected chi connectivity index (χ4v) is 4.39. The fraction of sp³-hybridized carbons (Fsp3) is 0.500. The number of phenolic OH excluding ortho intramolecular Hbond substituents is 1. The van der Waals surface area contributed by atoms with Crippen molar-refractivity contribution in [2.24, 2.45) is 0 Å². The molecular weight excluding hydrogens is 464 g/mol. The summed E-state index contributed by atoms with van der Waals surface area (Å²) in [5, 5.41) is 18.2. The molecule has 1 unspecified atom stereocenters. The second-order valence-corrected chi connectivity index (χ2v) is 10.2. The summed E-state index contributed by atoms with van der Waals surface area (Å²) in [6.07, 6.45) is 19.8. The average molecular weight is 519 g/mol. The van der Waals surface area contributed by atoms with E-state index in [0.717, 1.165) is 19.3 Å². The number of phenols is 1. The fourth-order valence-electron chi connectivity index (χ4n) is 4.39. The van der Waals surface area contributed by atoms with E-state index in [1.54, 1.807) is 24.3 Å². The number of rotatable bonds is 16. The van der Waals surface area contributed by atoms with E-state index in [1.807, 2.05) is 18.2 Å². The van der Waals surface area contributed by atoms with E-state index < -0.39 is 0 Å². The third-order valence-electron chi connectivity index (χ3n) is 6.65. The number of aromatic hydroxyl groups is 1. The zero-order chi connectivity index (χ0) is 27.5. The van der Waals surface area contributed by atoms with Crippen molar-refractivity contribution in [1.82, 2.24) is 0 Å². The van der Waals surface area contributed by atoms with Gasteiger partial charge in [-0.25, -0.2) is 0 Å². The zero-order valence-electron chi connectivity index (χ0n) is 24.2. The van der Waals surface area contributed by atoms with E-state index in [1.165, 1.54) is 88.2 Å². The molecular formula is C36H54O2. The van der Waals surface area contributed by atoms with Crippen LogP contribution in [0.5, 0.6) is 5.75 Å². The first-order valence-corrected chi connectivity index (χ1v) is 15.2. The first-order chi connectivity index (χ1) is 18.7. The van der Waals surface area contributed by atoms with Crippen LogP contribution in [0.2, 0.25) is 0 Å². The lowest BCUT2D eigenvalue weighted by atomic mass is 10.0. The molecule has 0 aromatic heterocycles. The highest BCUT2D eigenvalue weighted by atomic mass is 16.3. The molecule has 0 saturated heterocycles. The van der Waals surface area contributed by atoms with Crippen molar-refractivity contribution in [1.29, 1.82) is 0 Å². The van der Waals surface area contributed by atoms with Crippen molar-refractivity contribution in [3.8, 4) is 16.9 Å². The minimum absolute atomic E-state index is 0.0341. The summed E-state index contributed by atoms with van der Waals surface area (Å²) in [5.74, 6) is 0.322. The number of hydrogen-bond donors (Lipinski definition) is 2. The van der Waals surface area contributed by atoms with Crippen molar-refractivity contribution in [2.75, 3.05) is 0 Å². The van der Waals surface area contributed by atoms with Gasteiger partial charge in [0.25, 0.3) is 0 Å². The van der Waals surface area contributed by atoms with E-state index in [9.17, 15) is 5.11 Å². The van der Waals surface area contributed by atoms with Gasteiger partial charge in [-0.15, -0.1) is 0 Å². The van der Waals surface area contributed by atoms with E-state index in [2.05, 4.69) is 62.4 Å². The molecule has 0 amide bonds. The monoisotopic (exact) mass is 518 g/mol. The second-order valence-electron chi connectivity index (χ2n) is 10.2. The van der Waals surface area contributed by atoms with Gasteiger partial charge in [-0.2, -0.15) is 0 Å². The molecule has 3 aromatic carbocycles. The molecule has 0 fully saturated rings. The van der Waals surface area contributed by atoms with Crippen molar-refractivity contribution in [3.63, 3.8) is 0 Å². The van der Waals surface area contributed by atoms with Gasteiger partial charge in [-0.1, -0.05) is 176 Å². The van der Waals surface area contributed by atoms with Crippen molar-refractivity contribution < 1.29 is 10.2 Å². The number of hydrogen-bond acceptors (Lipinski definition) is 2. The molecule has 0 bridgehead atoms. The summed E-state index contributed by atoms with van der Waals surface area (Å²) in [4.78, 5) is 0. The normalized spacial score (nSPS) is 11.0. The molecule has 0 saturated carbocycles. The number of benzene rings is 3. The van der Waals surface area contributed by atoms with Crippen molar-refractivity contribution >= 4 is 0 Å². The third kappa shape index (κ3) is 19.5. The van der Waals surface area contributed by atoms with Gasteiger partial charge in [-0.3, -0.25) is 0 Å². The van der Waals surface area contributed by atoms with Crippen LogP contribution in [0, 0.1) is 0 Å². The average Bonchev–Trinajstić information content (AvgIpc) is 2.96. The van der Waals surface area contributed by atoms with Crippen LogP contribution in [-0.2, 0) is 0 Å². The molecule has 0 aliphatic carbocycles. The van der Waals surface area contributed by atoms with Gasteiger partial charge in [0.2, 0.25) is 0 Å². The smallest absolute Gasteiger partial charge is 0.115 e. The molecule has 2 heteroatoms. The van der Waals surface area contributed by atoms with Gasteiger partial charge in [0.15, 0.2) is 0 Å². The summed E-state index contributed by atoms with van der Waals surface area (Å²) < 4.78 is 0. The SMILES string of the molecule is CCCCCCCCCCCCCCC(O)CCC.Oc1ccccc1.c1ccc(-c2ccccc2)cc1. The van der Waals surface area contributed by atoms with Gasteiger partial charge in [0, 0.05) is 0 Å². The highest BCUT2D eigenvalue weighted by Gasteiger charge is 2.01. The first kappa shape index (κ1) is 33.4. The Labute approximate surface area is 234 Å². The molecule has 2 nitrogen and oxygen atoms in total. The molecule has 3 rings (SSSR count). The van der Waals surface area contributed by atoms with Crippen LogP contribution in [0.3, 0.4) is 0 Å². The van der Waals surface area contributed by atoms with E-state index in [4.69, 9.17) is 5.11 Å². The minimum Gasteiger partial charge on any atom is -0.508 e. The molecule has 1 atom stereocenters. The zero-order valence-corrected chi connectivity index (χ0v) is 24.2. The number of unbranched alkanes of at least 4 members (excludes halogenated alkanes) is 11. The molecule has 0 aliphatic heterocycles. The Hall–Kier alpha value is -2.58. The number of para-hydroxylation sites is 1. The molecule has 0 aliphatic rings. The Bertz CT molecular complexity index is 811. The van der Waals surface area contributed by atoms with Crippen LogP contribution in [-0.4, -0.2) is 16.3 Å². The Balaban J connectivity index is 0.000000318. The quantitative estimate of drug-likeness (QED) is 0.185. The van der Waals surface area contributed by atoms with Crippen molar-refractivity contribution in [2.45, 2.75) is 116 Å². The van der Waals surface area contributed by atoms with Gasteiger partial charge in [0.05, 0.1) is 6.10 Å². The predicted octanol–water partition coefficient (Wildman–Crippen LogP) is 11.0. The van der Waals surface area contributed by atoms with Crippen LogP contribution in [0.1, 0.15) is 110 Å². The Morgan fingerprint density at radius 2 is 0.816 bits per heavy atom. The van der Waals surface area contributed by atoms with E-state index in [0.29, 0.717) is 5.75 Å². The topological polar surface area (TPSA) is 40.5 Å². The van der Waals surface area contributed by atoms with E-state index >= 15 is 0 Å². The van der Waals surface area contributed by atoms with Gasteiger partial charge in [-0.05, 0) is 36.1 Å². The van der Waals surface area contributed by atoms with Gasteiger partial charge < -0.3 is 10.2 Å². The molecule has 0 radical (unpaired) electrons. The summed E-state index contributed by atoms with van der Waals surface area (Å²) in [5.41, 5.74) is 2.55. The lowest BCUT2D eigenvalue weighted by Crippen LogP contribution is -2.04. The number of aliphatic hydroxyl groups is 1. The first-order valence-electron chi connectivity index (χ1n) is 15.2. The predicted molar refractivity (Wildman–Crippen MR) is 167 cm³/mol. The maximum Gasteiger partial charge on any atom is 0.115 e. The lowest BCUT2D eigenvalue weighted by Gasteiger charge is -2.08. The largest absolute Gasteiger partial charge is 0.508 e. The Kier molecular flexibility index (Phi) is 21.8. The standard InChI is InChI=1S/C18H38O.C12H10.C6H6O/c1-3-5-6-7-8-9-10-11-12-13-14-15-17-18(19)16-4-2;1-3-7-11(8-4-1)12-9-5-2-6-10-12;7-6-4-2-1-3-5-6/h18-19H,3-17H2,1-2H3;1-10H;1-5,7H. The van der Waals surface area contributed by atoms with E-state index in [-0.39, 0.29) is 6.10 Å². The van der Waals surface area contributed by atoms with Crippen LogP contribution < -0.4 is 0 Å². The summed E-state index contributed by atoms with van der Waals surface area (Å²) >= 11 is 0. The van der Waals surface area contributed by atoms with Crippen molar-refractivity contribution in [3.05, 3.63) is 91.0 Å². The summed E-state index contributed by atoms with van der Waals surface area (Å²) in [6.45, 7) is 4.42. The molecule has 0 heterocycles. The highest BCUT2D eigenvalue weighted by molar-refractivity contribution is 5.62. The number of aliphatic hydroxyl groups excluding tert-OH is 1. The molecule has 2 N–H and O–H groups in total. The second kappa shape index (κ2) is 24.7. The Morgan fingerprint density at radius 3 is 1.16 bits per heavy atom. The van der Waals surface area contributed by atoms with Crippen LogP contribution in [0.15, 0.2) is 91.0 Å². The lowest BCUT2D eigenvalue weighted by molar-refractivity contribution is 0.150. The molecule has 38 heavy (non-hydrogen) atoms.